The Morgan fingerprint density at radius 2 is 1.60 bits per heavy atom. The summed E-state index contributed by atoms with van der Waals surface area (Å²) >= 11 is 12.1. The van der Waals surface area contributed by atoms with E-state index in [-0.39, 0.29) is 5.92 Å². The molecule has 0 fully saturated rings. The number of nitrogens with zero attached hydrogens (tertiary/aromatic N) is 2. The Morgan fingerprint density at radius 3 is 2.07 bits per heavy atom. The number of aromatic nitrogens is 2. The van der Waals surface area contributed by atoms with Gasteiger partial charge in [-0.05, 0) is 18.3 Å². The molecule has 1 heterocycles. The first kappa shape index (κ1) is 12.7. The molecule has 0 radical (unpaired) electrons. The Kier molecular flexibility index (Phi) is 4.35. The van der Waals surface area contributed by atoms with Crippen LogP contribution in [0, 0.1) is 5.92 Å². The van der Waals surface area contributed by atoms with E-state index in [0.29, 0.717) is 16.2 Å². The molecule has 0 aliphatic carbocycles. The second-order valence-electron chi connectivity index (χ2n) is 4.39. The van der Waals surface area contributed by atoms with Crippen LogP contribution < -0.4 is 0 Å². The molecule has 1 aromatic heterocycles. The number of hydrogen-bond donors (Lipinski definition) is 0. The van der Waals surface area contributed by atoms with Gasteiger partial charge >= 0.3 is 0 Å². The average Bonchev–Trinajstić information content (AvgIpc) is 2.09. The number of rotatable bonds is 3. The summed E-state index contributed by atoms with van der Waals surface area (Å²) in [6.45, 7) is 8.27. The van der Waals surface area contributed by atoms with Crippen molar-refractivity contribution < 1.29 is 0 Å². The summed E-state index contributed by atoms with van der Waals surface area (Å²) in [5.74, 6) is 0.744. The highest BCUT2D eigenvalue weighted by molar-refractivity contribution is 6.32. The topological polar surface area (TPSA) is 25.8 Å². The molecule has 0 aliphatic heterocycles. The van der Waals surface area contributed by atoms with Gasteiger partial charge in [0.05, 0.1) is 11.4 Å². The van der Waals surface area contributed by atoms with Crippen LogP contribution in [-0.2, 0) is 6.42 Å². The van der Waals surface area contributed by atoms with Crippen LogP contribution in [0.5, 0.6) is 0 Å². The van der Waals surface area contributed by atoms with Gasteiger partial charge in [0.2, 0.25) is 0 Å². The minimum atomic E-state index is 0.246. The predicted octanol–water partition coefficient (Wildman–Crippen LogP) is 4.11. The van der Waals surface area contributed by atoms with E-state index in [1.165, 1.54) is 0 Å². The number of hydrogen-bond acceptors (Lipinski definition) is 2. The van der Waals surface area contributed by atoms with Crippen LogP contribution in [-0.4, -0.2) is 9.97 Å². The summed E-state index contributed by atoms with van der Waals surface area (Å²) < 4.78 is 0. The fraction of sp³-hybridized carbons (Fsp3) is 0.636. The summed E-state index contributed by atoms with van der Waals surface area (Å²) in [4.78, 5) is 8.60. The molecular weight excluding hydrogens is 231 g/mol. The van der Waals surface area contributed by atoms with Crippen LogP contribution in [0.25, 0.3) is 0 Å². The third-order valence-electron chi connectivity index (χ3n) is 2.05. The third kappa shape index (κ3) is 3.32. The van der Waals surface area contributed by atoms with Crippen molar-refractivity contribution in [2.24, 2.45) is 5.92 Å². The SMILES string of the molecule is CC(C)Cc1nc(Cl)c(C(C)C)nc1Cl. The van der Waals surface area contributed by atoms with Gasteiger partial charge in [-0.3, -0.25) is 0 Å². The van der Waals surface area contributed by atoms with E-state index in [2.05, 4.69) is 23.8 Å². The lowest BCUT2D eigenvalue weighted by molar-refractivity contribution is 0.630. The van der Waals surface area contributed by atoms with Crippen molar-refractivity contribution in [1.82, 2.24) is 9.97 Å². The normalized spacial score (nSPS) is 11.5. The van der Waals surface area contributed by atoms with Crippen molar-refractivity contribution in [2.75, 3.05) is 0 Å². The number of halogens is 2. The average molecular weight is 247 g/mol. The lowest BCUT2D eigenvalue weighted by Crippen LogP contribution is -2.04. The minimum absolute atomic E-state index is 0.246. The van der Waals surface area contributed by atoms with Gasteiger partial charge in [-0.1, -0.05) is 50.9 Å². The van der Waals surface area contributed by atoms with Crippen LogP contribution in [0.3, 0.4) is 0 Å². The van der Waals surface area contributed by atoms with Crippen molar-refractivity contribution >= 4 is 23.2 Å². The predicted molar refractivity (Wildman–Crippen MR) is 64.7 cm³/mol. The molecule has 0 aromatic carbocycles. The third-order valence-corrected chi connectivity index (χ3v) is 2.63. The highest BCUT2D eigenvalue weighted by atomic mass is 35.5. The van der Waals surface area contributed by atoms with E-state index in [4.69, 9.17) is 23.2 Å². The van der Waals surface area contributed by atoms with E-state index in [1.54, 1.807) is 0 Å². The molecule has 4 heteroatoms. The summed E-state index contributed by atoms with van der Waals surface area (Å²) in [6.07, 6.45) is 0.809. The zero-order valence-electron chi connectivity index (χ0n) is 9.51. The van der Waals surface area contributed by atoms with E-state index in [1.807, 2.05) is 13.8 Å². The van der Waals surface area contributed by atoms with Gasteiger partial charge in [0.15, 0.2) is 10.3 Å². The molecule has 2 nitrogen and oxygen atoms in total. The smallest absolute Gasteiger partial charge is 0.151 e. The molecule has 0 spiro atoms. The van der Waals surface area contributed by atoms with Crippen LogP contribution >= 0.6 is 23.2 Å². The van der Waals surface area contributed by atoms with Crippen LogP contribution in [0.1, 0.15) is 45.0 Å². The maximum absolute atomic E-state index is 6.06. The Labute approximate surface area is 101 Å². The Morgan fingerprint density at radius 1 is 1.00 bits per heavy atom. The Balaban J connectivity index is 3.08. The first-order chi connectivity index (χ1) is 6.91. The molecule has 0 atom stereocenters. The summed E-state index contributed by atoms with van der Waals surface area (Å²) in [6, 6.07) is 0. The molecule has 0 N–H and O–H groups in total. The van der Waals surface area contributed by atoms with E-state index >= 15 is 0 Å². The van der Waals surface area contributed by atoms with E-state index in [9.17, 15) is 0 Å². The highest BCUT2D eigenvalue weighted by Crippen LogP contribution is 2.25. The molecule has 0 amide bonds. The standard InChI is InChI=1S/C11H16Cl2N2/c1-6(2)5-8-10(12)15-9(7(3)4)11(13)14-8/h6-7H,5H2,1-4H3. The molecule has 0 saturated heterocycles. The maximum atomic E-state index is 6.06. The van der Waals surface area contributed by atoms with Gasteiger partial charge in [0.25, 0.3) is 0 Å². The second kappa shape index (κ2) is 5.13. The van der Waals surface area contributed by atoms with Gasteiger partial charge in [-0.2, -0.15) is 0 Å². The lowest BCUT2D eigenvalue weighted by atomic mass is 10.1. The molecule has 15 heavy (non-hydrogen) atoms. The first-order valence-electron chi connectivity index (χ1n) is 5.13. The Hall–Kier alpha value is -0.340. The van der Waals surface area contributed by atoms with Crippen molar-refractivity contribution in [3.63, 3.8) is 0 Å². The van der Waals surface area contributed by atoms with Crippen molar-refractivity contribution in [2.45, 2.75) is 40.0 Å². The van der Waals surface area contributed by atoms with Crippen molar-refractivity contribution in [3.05, 3.63) is 21.7 Å². The van der Waals surface area contributed by atoms with Gasteiger partial charge in [0, 0.05) is 0 Å². The largest absolute Gasteiger partial charge is 0.236 e. The lowest BCUT2D eigenvalue weighted by Gasteiger charge is -2.11. The van der Waals surface area contributed by atoms with E-state index < -0.39 is 0 Å². The van der Waals surface area contributed by atoms with Gasteiger partial charge in [-0.15, -0.1) is 0 Å². The molecular formula is C11H16Cl2N2. The summed E-state index contributed by atoms with van der Waals surface area (Å²) in [5.41, 5.74) is 1.57. The minimum Gasteiger partial charge on any atom is -0.236 e. The molecule has 0 aliphatic rings. The maximum Gasteiger partial charge on any atom is 0.151 e. The van der Waals surface area contributed by atoms with Gasteiger partial charge in [-0.25, -0.2) is 9.97 Å². The second-order valence-corrected chi connectivity index (χ2v) is 5.11. The fourth-order valence-electron chi connectivity index (χ4n) is 1.32. The van der Waals surface area contributed by atoms with Crippen LogP contribution in [0.15, 0.2) is 0 Å². The van der Waals surface area contributed by atoms with E-state index in [0.717, 1.165) is 17.8 Å². The molecule has 84 valence electrons. The Bertz CT molecular complexity index is 349. The molecule has 1 rings (SSSR count). The van der Waals surface area contributed by atoms with Crippen molar-refractivity contribution in [1.29, 1.82) is 0 Å². The fourth-order valence-corrected chi connectivity index (χ4v) is 1.90. The highest BCUT2D eigenvalue weighted by Gasteiger charge is 2.14. The first-order valence-corrected chi connectivity index (χ1v) is 5.89. The molecule has 1 aromatic rings. The van der Waals surface area contributed by atoms with Gasteiger partial charge < -0.3 is 0 Å². The van der Waals surface area contributed by atoms with Crippen LogP contribution in [0.4, 0.5) is 0 Å². The van der Waals surface area contributed by atoms with Crippen LogP contribution in [0.2, 0.25) is 10.3 Å². The zero-order chi connectivity index (χ0) is 11.6. The molecule has 0 unspecified atom stereocenters. The molecule has 0 bridgehead atoms. The molecule has 0 saturated carbocycles. The van der Waals surface area contributed by atoms with Gasteiger partial charge in [0.1, 0.15) is 0 Å². The quantitative estimate of drug-likeness (QED) is 0.803. The summed E-state index contributed by atoms with van der Waals surface area (Å²) in [7, 11) is 0. The summed E-state index contributed by atoms with van der Waals surface area (Å²) in [5, 5.41) is 0.960. The van der Waals surface area contributed by atoms with Crippen molar-refractivity contribution in [3.8, 4) is 0 Å². The zero-order valence-corrected chi connectivity index (χ0v) is 11.0. The monoisotopic (exact) mass is 246 g/mol.